The van der Waals surface area contributed by atoms with E-state index >= 15 is 0 Å². The molecule has 3 nitrogen and oxygen atoms in total. The van der Waals surface area contributed by atoms with E-state index in [4.69, 9.17) is 0 Å². The first-order chi connectivity index (χ1) is 26.1. The molecular formula is C50H44BN3. The van der Waals surface area contributed by atoms with Crippen molar-refractivity contribution in [3.8, 4) is 5.69 Å². The molecule has 262 valence electrons. The van der Waals surface area contributed by atoms with E-state index in [-0.39, 0.29) is 17.5 Å². The summed E-state index contributed by atoms with van der Waals surface area (Å²) in [6.45, 7) is 13.9. The van der Waals surface area contributed by atoms with E-state index in [0.29, 0.717) is 0 Å². The van der Waals surface area contributed by atoms with Crippen molar-refractivity contribution in [3.63, 3.8) is 0 Å². The fourth-order valence-corrected chi connectivity index (χ4v) is 8.97. The van der Waals surface area contributed by atoms with E-state index in [9.17, 15) is 0 Å². The van der Waals surface area contributed by atoms with Crippen molar-refractivity contribution in [1.29, 1.82) is 0 Å². The van der Waals surface area contributed by atoms with Crippen LogP contribution in [0.1, 0.15) is 52.7 Å². The predicted molar refractivity (Wildman–Crippen MR) is 232 cm³/mol. The summed E-state index contributed by atoms with van der Waals surface area (Å²) in [5.41, 5.74) is 17.6. The van der Waals surface area contributed by atoms with Gasteiger partial charge in [0.15, 0.2) is 0 Å². The SMILES string of the molecule is CC(C)(C)c1cccc(N2c3cc(C(C)(C)C)ccc3B3c4ccc(-n5c6ccccc6c6ccccc65)cc4N(c4ccccc4)c4cccc2c43)c1. The Labute approximate surface area is 319 Å². The molecule has 7 aromatic carbocycles. The summed E-state index contributed by atoms with van der Waals surface area (Å²) in [5, 5.41) is 2.54. The molecule has 0 unspecified atom stereocenters. The highest BCUT2D eigenvalue weighted by molar-refractivity contribution is 7.00. The third kappa shape index (κ3) is 4.89. The minimum Gasteiger partial charge on any atom is -0.311 e. The molecule has 0 saturated heterocycles. The van der Waals surface area contributed by atoms with Crippen molar-refractivity contribution in [3.05, 3.63) is 169 Å². The Kier molecular flexibility index (Phi) is 7.10. The number of nitrogens with zero attached hydrogens (tertiary/aromatic N) is 3. The first kappa shape index (κ1) is 32.6. The average molecular weight is 698 g/mol. The van der Waals surface area contributed by atoms with Crippen molar-refractivity contribution in [1.82, 2.24) is 4.57 Å². The Balaban J connectivity index is 1.27. The van der Waals surface area contributed by atoms with Gasteiger partial charge in [-0.2, -0.15) is 0 Å². The lowest BCUT2D eigenvalue weighted by molar-refractivity contribution is 0.590. The van der Waals surface area contributed by atoms with Gasteiger partial charge in [-0.1, -0.05) is 133 Å². The normalized spacial score (nSPS) is 13.6. The molecule has 0 atom stereocenters. The Morgan fingerprint density at radius 2 is 0.907 bits per heavy atom. The fourth-order valence-electron chi connectivity index (χ4n) is 8.97. The molecule has 54 heavy (non-hydrogen) atoms. The molecule has 8 aromatic rings. The number of hydrogen-bond donors (Lipinski definition) is 0. The molecule has 0 aliphatic carbocycles. The molecule has 0 spiro atoms. The molecule has 0 radical (unpaired) electrons. The van der Waals surface area contributed by atoms with Gasteiger partial charge in [-0.15, -0.1) is 0 Å². The Hall–Kier alpha value is -6.00. The molecule has 10 rings (SSSR count). The lowest BCUT2D eigenvalue weighted by atomic mass is 9.33. The van der Waals surface area contributed by atoms with E-state index < -0.39 is 0 Å². The maximum atomic E-state index is 2.54. The van der Waals surface area contributed by atoms with Crippen molar-refractivity contribution < 1.29 is 0 Å². The van der Waals surface area contributed by atoms with Gasteiger partial charge in [-0.05, 0) is 105 Å². The zero-order chi connectivity index (χ0) is 36.9. The average Bonchev–Trinajstić information content (AvgIpc) is 3.51. The number of para-hydroxylation sites is 3. The Morgan fingerprint density at radius 1 is 0.389 bits per heavy atom. The van der Waals surface area contributed by atoms with Gasteiger partial charge in [0.2, 0.25) is 0 Å². The molecule has 3 heterocycles. The third-order valence-electron chi connectivity index (χ3n) is 11.7. The van der Waals surface area contributed by atoms with Crippen LogP contribution in [-0.4, -0.2) is 11.3 Å². The smallest absolute Gasteiger partial charge is 0.252 e. The number of anilines is 6. The second-order valence-electron chi connectivity index (χ2n) is 17.1. The second-order valence-corrected chi connectivity index (χ2v) is 17.1. The van der Waals surface area contributed by atoms with Crippen molar-refractivity contribution in [2.75, 3.05) is 9.80 Å². The molecule has 0 N–H and O–H groups in total. The number of fused-ring (bicyclic) bond motifs is 7. The lowest BCUT2D eigenvalue weighted by Crippen LogP contribution is -2.61. The molecule has 0 bridgehead atoms. The summed E-state index contributed by atoms with van der Waals surface area (Å²) < 4.78 is 2.44. The van der Waals surface area contributed by atoms with Gasteiger partial charge in [0.1, 0.15) is 0 Å². The predicted octanol–water partition coefficient (Wildman–Crippen LogP) is 11.5. The summed E-state index contributed by atoms with van der Waals surface area (Å²) in [5.74, 6) is 0. The number of hydrogen-bond acceptors (Lipinski definition) is 2. The molecule has 0 amide bonds. The standard InChI is InChI=1S/C50H44BN3/c1-49(2,3)33-16-14-19-36(30-33)54-45-25-15-24-44-48(45)51(40-28-26-34(31-46(40)54)50(4,5)6)41-29-27-37(32-47(41)52(44)35-17-8-7-9-18-35)53-42-22-12-10-20-38(42)39-21-11-13-23-43(39)53/h7-32H,1-6H3. The van der Waals surface area contributed by atoms with Crippen LogP contribution in [0.2, 0.25) is 0 Å². The summed E-state index contributed by atoms with van der Waals surface area (Å²) in [7, 11) is 0. The Bertz CT molecular complexity index is 2710. The first-order valence-electron chi connectivity index (χ1n) is 19.2. The summed E-state index contributed by atoms with van der Waals surface area (Å²) in [6, 6.07) is 59.0. The van der Waals surface area contributed by atoms with E-state index in [1.54, 1.807) is 0 Å². The zero-order valence-corrected chi connectivity index (χ0v) is 31.9. The zero-order valence-electron chi connectivity index (χ0n) is 31.9. The van der Waals surface area contributed by atoms with E-state index in [1.165, 1.54) is 77.8 Å². The van der Waals surface area contributed by atoms with Crippen LogP contribution in [0.3, 0.4) is 0 Å². The summed E-state index contributed by atoms with van der Waals surface area (Å²) >= 11 is 0. The molecule has 2 aliphatic rings. The molecular weight excluding hydrogens is 653 g/mol. The van der Waals surface area contributed by atoms with Gasteiger partial charge in [0, 0.05) is 50.6 Å². The molecule has 1 aromatic heterocycles. The van der Waals surface area contributed by atoms with E-state index in [0.717, 1.165) is 11.4 Å². The van der Waals surface area contributed by atoms with Crippen LogP contribution in [0.4, 0.5) is 34.1 Å². The monoisotopic (exact) mass is 697 g/mol. The van der Waals surface area contributed by atoms with Crippen LogP contribution in [0.5, 0.6) is 0 Å². The molecule has 0 fully saturated rings. The van der Waals surface area contributed by atoms with Gasteiger partial charge in [-0.3, -0.25) is 0 Å². The highest BCUT2D eigenvalue weighted by atomic mass is 15.2. The number of rotatable bonds is 3. The maximum Gasteiger partial charge on any atom is 0.252 e. The van der Waals surface area contributed by atoms with E-state index in [1.807, 2.05) is 0 Å². The first-order valence-corrected chi connectivity index (χ1v) is 19.2. The van der Waals surface area contributed by atoms with Crippen LogP contribution >= 0.6 is 0 Å². The molecule has 4 heteroatoms. The fraction of sp³-hybridized carbons (Fsp3) is 0.160. The minimum atomic E-state index is 0.00186. The van der Waals surface area contributed by atoms with Crippen LogP contribution in [0, 0.1) is 0 Å². The van der Waals surface area contributed by atoms with E-state index in [2.05, 4.69) is 214 Å². The topological polar surface area (TPSA) is 11.4 Å². The maximum absolute atomic E-state index is 2.54. The largest absolute Gasteiger partial charge is 0.311 e. The van der Waals surface area contributed by atoms with Gasteiger partial charge in [0.05, 0.1) is 11.0 Å². The van der Waals surface area contributed by atoms with Crippen molar-refractivity contribution in [2.45, 2.75) is 52.4 Å². The number of benzene rings is 7. The second kappa shape index (κ2) is 11.8. The highest BCUT2D eigenvalue weighted by Crippen LogP contribution is 2.46. The van der Waals surface area contributed by atoms with Crippen LogP contribution in [0.15, 0.2) is 158 Å². The summed E-state index contributed by atoms with van der Waals surface area (Å²) in [6.07, 6.45) is 0. The van der Waals surface area contributed by atoms with Crippen LogP contribution in [-0.2, 0) is 10.8 Å². The van der Waals surface area contributed by atoms with Crippen molar-refractivity contribution in [2.24, 2.45) is 0 Å². The highest BCUT2D eigenvalue weighted by Gasteiger charge is 2.43. The molecule has 2 aliphatic heterocycles. The number of aromatic nitrogens is 1. The van der Waals surface area contributed by atoms with Gasteiger partial charge in [-0.25, -0.2) is 0 Å². The lowest BCUT2D eigenvalue weighted by Gasteiger charge is -2.44. The van der Waals surface area contributed by atoms with Gasteiger partial charge < -0.3 is 14.4 Å². The molecule has 0 saturated carbocycles. The summed E-state index contributed by atoms with van der Waals surface area (Å²) in [4.78, 5) is 5.04. The van der Waals surface area contributed by atoms with Crippen LogP contribution < -0.4 is 26.2 Å². The van der Waals surface area contributed by atoms with Crippen LogP contribution in [0.25, 0.3) is 27.5 Å². The van der Waals surface area contributed by atoms with Gasteiger partial charge in [0.25, 0.3) is 6.71 Å². The Morgan fingerprint density at radius 3 is 1.56 bits per heavy atom. The minimum absolute atomic E-state index is 0.00186. The van der Waals surface area contributed by atoms with Crippen molar-refractivity contribution >= 4 is 79.0 Å². The third-order valence-corrected chi connectivity index (χ3v) is 11.7. The quantitative estimate of drug-likeness (QED) is 0.170. The van der Waals surface area contributed by atoms with Gasteiger partial charge >= 0.3 is 0 Å².